The molecule has 0 aromatic heterocycles. The molecule has 0 atom stereocenters. The van der Waals surface area contributed by atoms with E-state index in [1.54, 1.807) is 5.31 Å². The third-order valence-corrected chi connectivity index (χ3v) is 12.8. The summed E-state index contributed by atoms with van der Waals surface area (Å²) >= 11 is 0. The summed E-state index contributed by atoms with van der Waals surface area (Å²) in [4.78, 5) is 0. The topological polar surface area (TPSA) is 0 Å². The van der Waals surface area contributed by atoms with Crippen molar-refractivity contribution in [2.45, 2.75) is 64.2 Å². The summed E-state index contributed by atoms with van der Waals surface area (Å²) in [6.07, 6.45) is 8.01. The average molecular weight is 713 g/mol. The molecule has 0 fully saturated rings. The minimum Gasteiger partial charge on any atom is -0.0801 e. The molecule has 2 heteroatoms. The van der Waals surface area contributed by atoms with Crippen molar-refractivity contribution in [2.75, 3.05) is 0 Å². The van der Waals surface area contributed by atoms with Crippen LogP contribution >= 0.6 is 7.92 Å². The van der Waals surface area contributed by atoms with Gasteiger partial charge in [0.1, 0.15) is 0 Å². The standard InChI is InChI=1S/C35H26.C13H23P.Fe/c1-6-16-26(17-7-1)31-32(27-18-8-2-9-19-27)34(29-22-12-4-13-23-29)35(30-24-14-5-15-25-30)33(31)28-20-10-3-11-21-28;1-12(2,3)14(13(4,5)6)11-9-7-8-10-11;/h1-25,31H;7-9H,10H2,1-6H3;. The first-order chi connectivity index (χ1) is 23.6. The van der Waals surface area contributed by atoms with Crippen LogP contribution < -0.4 is 0 Å². The predicted octanol–water partition coefficient (Wildman–Crippen LogP) is 13.9. The molecular weight excluding hydrogens is 663 g/mol. The van der Waals surface area contributed by atoms with Gasteiger partial charge in [0.15, 0.2) is 0 Å². The van der Waals surface area contributed by atoms with Gasteiger partial charge in [-0.05, 0) is 72.2 Å². The monoisotopic (exact) mass is 712 g/mol. The molecule has 0 unspecified atom stereocenters. The van der Waals surface area contributed by atoms with Gasteiger partial charge < -0.3 is 0 Å². The Hall–Kier alpha value is -3.99. The molecule has 0 amide bonds. The van der Waals surface area contributed by atoms with Gasteiger partial charge in [-0.3, -0.25) is 0 Å². The maximum atomic E-state index is 2.38. The quantitative estimate of drug-likeness (QED) is 0.121. The van der Waals surface area contributed by atoms with Gasteiger partial charge in [0.25, 0.3) is 0 Å². The van der Waals surface area contributed by atoms with E-state index >= 15 is 0 Å². The summed E-state index contributed by atoms with van der Waals surface area (Å²) in [6, 6.07) is 54.5. The molecule has 2 aliphatic carbocycles. The fraction of sp³-hybridized carbons (Fsp3) is 0.208. The first kappa shape index (κ1) is 37.3. The fourth-order valence-corrected chi connectivity index (χ4v) is 12.1. The maximum Gasteiger partial charge on any atom is 0.0364 e. The number of hydrogen-bond donors (Lipinski definition) is 0. The van der Waals surface area contributed by atoms with Crippen LogP contribution in [0.5, 0.6) is 0 Å². The van der Waals surface area contributed by atoms with Crippen LogP contribution in [0, 0.1) is 0 Å². The molecule has 0 N–H and O–H groups in total. The summed E-state index contributed by atoms with van der Waals surface area (Å²) in [5, 5.41) is 2.51. The van der Waals surface area contributed by atoms with Crippen LogP contribution in [-0.2, 0) is 17.1 Å². The largest absolute Gasteiger partial charge is 0.0801 e. The number of hydrogen-bond acceptors (Lipinski definition) is 0. The molecule has 5 aromatic carbocycles. The van der Waals surface area contributed by atoms with Gasteiger partial charge in [0, 0.05) is 23.0 Å². The van der Waals surface area contributed by atoms with Gasteiger partial charge in [0.05, 0.1) is 0 Å². The van der Waals surface area contributed by atoms with Gasteiger partial charge >= 0.3 is 0 Å². The second-order valence-electron chi connectivity index (χ2n) is 14.9. The van der Waals surface area contributed by atoms with Crippen molar-refractivity contribution < 1.29 is 17.1 Å². The van der Waals surface area contributed by atoms with Crippen molar-refractivity contribution in [1.82, 2.24) is 0 Å². The summed E-state index contributed by atoms with van der Waals surface area (Å²) in [6.45, 7) is 14.3. The Morgan fingerprint density at radius 2 is 0.800 bits per heavy atom. The molecule has 2 aliphatic rings. The van der Waals surface area contributed by atoms with Crippen molar-refractivity contribution in [3.63, 3.8) is 0 Å². The summed E-state index contributed by atoms with van der Waals surface area (Å²) in [5.41, 5.74) is 11.7. The molecule has 0 aliphatic heterocycles. The second kappa shape index (κ2) is 16.4. The molecule has 0 heterocycles. The van der Waals surface area contributed by atoms with Gasteiger partial charge in [-0.1, -0.05) is 219 Å². The molecule has 0 saturated heterocycles. The second-order valence-corrected chi connectivity index (χ2v) is 18.8. The molecule has 254 valence electrons. The average Bonchev–Trinajstić information content (AvgIpc) is 3.76. The predicted molar refractivity (Wildman–Crippen MR) is 217 cm³/mol. The van der Waals surface area contributed by atoms with Crippen LogP contribution in [0.1, 0.15) is 81.7 Å². The van der Waals surface area contributed by atoms with E-state index in [-0.39, 0.29) is 30.9 Å². The van der Waals surface area contributed by atoms with Crippen molar-refractivity contribution in [3.05, 3.63) is 203 Å². The molecule has 0 nitrogen and oxygen atoms in total. The van der Waals surface area contributed by atoms with Gasteiger partial charge in [-0.25, -0.2) is 0 Å². The zero-order chi connectivity index (χ0) is 34.4. The Bertz CT molecular complexity index is 1840. The molecule has 0 saturated carbocycles. The normalized spacial score (nSPS) is 14.7. The first-order valence-corrected chi connectivity index (χ1v) is 18.9. The zero-order valence-electron chi connectivity index (χ0n) is 30.3. The van der Waals surface area contributed by atoms with E-state index in [2.05, 4.69) is 211 Å². The third-order valence-electron chi connectivity index (χ3n) is 9.17. The third kappa shape index (κ3) is 8.30. The van der Waals surface area contributed by atoms with E-state index in [1.807, 2.05) is 0 Å². The SMILES string of the molecule is CC(C)(C)P(C1=CC=CC1)C(C)(C)C.[Fe].c1ccc(C2=C(c3ccccc3)C(c3ccccc3)C(c3ccccc3)=C2c2ccccc2)cc1. The zero-order valence-corrected chi connectivity index (χ0v) is 32.2. The van der Waals surface area contributed by atoms with Gasteiger partial charge in [-0.2, -0.15) is 0 Å². The molecule has 50 heavy (non-hydrogen) atoms. The molecule has 0 bridgehead atoms. The van der Waals surface area contributed by atoms with Crippen molar-refractivity contribution in [3.8, 4) is 0 Å². The van der Waals surface area contributed by atoms with Gasteiger partial charge in [0.2, 0.25) is 0 Å². The van der Waals surface area contributed by atoms with E-state index in [0.29, 0.717) is 10.3 Å². The minimum atomic E-state index is -0.0453. The molecular formula is C48H49FeP. The number of benzene rings is 5. The van der Waals surface area contributed by atoms with E-state index in [1.165, 1.54) is 56.5 Å². The smallest absolute Gasteiger partial charge is 0.0364 e. The van der Waals surface area contributed by atoms with E-state index in [0.717, 1.165) is 0 Å². The minimum absolute atomic E-state index is 0. The summed E-state index contributed by atoms with van der Waals surface area (Å²) in [5.74, 6) is 0.117. The van der Waals surface area contributed by atoms with Crippen molar-refractivity contribution in [1.29, 1.82) is 0 Å². The van der Waals surface area contributed by atoms with E-state index in [9.17, 15) is 0 Å². The number of allylic oxidation sites excluding steroid dienone is 8. The Morgan fingerprint density at radius 1 is 0.460 bits per heavy atom. The Morgan fingerprint density at radius 3 is 1.12 bits per heavy atom. The Kier molecular flexibility index (Phi) is 12.2. The Labute approximate surface area is 313 Å². The van der Waals surface area contributed by atoms with Crippen LogP contribution in [0.4, 0.5) is 0 Å². The van der Waals surface area contributed by atoms with Crippen LogP contribution in [0.3, 0.4) is 0 Å². The molecule has 5 aromatic rings. The van der Waals surface area contributed by atoms with E-state index in [4.69, 9.17) is 0 Å². The number of rotatable bonds is 6. The van der Waals surface area contributed by atoms with Crippen LogP contribution in [0.25, 0.3) is 22.3 Å². The molecule has 0 spiro atoms. The fourth-order valence-electron chi connectivity index (χ4n) is 7.82. The maximum absolute atomic E-state index is 2.38. The van der Waals surface area contributed by atoms with Gasteiger partial charge in [-0.15, -0.1) is 0 Å². The Balaban J connectivity index is 0.000000275. The van der Waals surface area contributed by atoms with Crippen molar-refractivity contribution >= 4 is 30.2 Å². The van der Waals surface area contributed by atoms with E-state index < -0.39 is 0 Å². The van der Waals surface area contributed by atoms with Crippen LogP contribution in [-0.4, -0.2) is 10.3 Å². The van der Waals surface area contributed by atoms with Crippen LogP contribution in [0.15, 0.2) is 175 Å². The molecule has 7 rings (SSSR count). The summed E-state index contributed by atoms with van der Waals surface area (Å²) < 4.78 is 0. The first-order valence-electron chi connectivity index (χ1n) is 17.6. The van der Waals surface area contributed by atoms with Crippen molar-refractivity contribution in [2.24, 2.45) is 0 Å². The van der Waals surface area contributed by atoms with Crippen LogP contribution in [0.2, 0.25) is 0 Å². The summed E-state index contributed by atoms with van der Waals surface area (Å²) in [7, 11) is -0.0453. The molecule has 0 radical (unpaired) electrons.